The van der Waals surface area contributed by atoms with Gasteiger partial charge in [0.15, 0.2) is 0 Å². The van der Waals surface area contributed by atoms with Crippen LogP contribution in [-0.4, -0.2) is 32.4 Å². The van der Waals surface area contributed by atoms with E-state index in [9.17, 15) is 0 Å². The molecule has 1 aliphatic heterocycles. The third-order valence-electron chi connectivity index (χ3n) is 4.16. The molecule has 1 saturated heterocycles. The van der Waals surface area contributed by atoms with Gasteiger partial charge in [-0.25, -0.2) is 4.98 Å². The monoisotopic (exact) mass is 259 g/mol. The van der Waals surface area contributed by atoms with E-state index in [4.69, 9.17) is 0 Å². The smallest absolute Gasteiger partial charge is 0.0951 e. The van der Waals surface area contributed by atoms with Crippen LogP contribution in [0.25, 0.3) is 0 Å². The summed E-state index contributed by atoms with van der Waals surface area (Å²) >= 11 is 0. The summed E-state index contributed by atoms with van der Waals surface area (Å²) in [6.45, 7) is 7.35. The van der Waals surface area contributed by atoms with Crippen molar-refractivity contribution in [2.75, 3.05) is 13.1 Å². The molecular weight excluding hydrogens is 238 g/mol. The van der Waals surface area contributed by atoms with Gasteiger partial charge in [-0.15, -0.1) is 0 Å². The Kier molecular flexibility index (Phi) is 2.93. The van der Waals surface area contributed by atoms with Crippen LogP contribution in [0.3, 0.4) is 0 Å². The van der Waals surface area contributed by atoms with Gasteiger partial charge in [-0.2, -0.15) is 5.10 Å². The fourth-order valence-electron chi connectivity index (χ4n) is 2.97. The van der Waals surface area contributed by atoms with Gasteiger partial charge in [0.1, 0.15) is 0 Å². The normalized spacial score (nSPS) is 23.1. The molecule has 0 aromatic carbocycles. The van der Waals surface area contributed by atoms with Gasteiger partial charge in [0.25, 0.3) is 0 Å². The second-order valence-corrected chi connectivity index (χ2v) is 5.81. The number of aryl methyl sites for hydroxylation is 2. The van der Waals surface area contributed by atoms with Gasteiger partial charge in [0.05, 0.1) is 18.6 Å². The number of rotatable bonds is 3. The fourth-order valence-corrected chi connectivity index (χ4v) is 2.97. The van der Waals surface area contributed by atoms with Crippen molar-refractivity contribution >= 4 is 0 Å². The molecule has 3 heterocycles. The molecule has 3 rings (SSSR count). The summed E-state index contributed by atoms with van der Waals surface area (Å²) in [6, 6.07) is 0. The summed E-state index contributed by atoms with van der Waals surface area (Å²) in [7, 11) is 1.97. The Bertz CT molecular complexity index is 574. The molecular formula is C14H21N5. The maximum absolute atomic E-state index is 4.41. The highest BCUT2D eigenvalue weighted by atomic mass is 15.3. The third-order valence-corrected chi connectivity index (χ3v) is 4.16. The first kappa shape index (κ1) is 12.4. The molecule has 5 nitrogen and oxygen atoms in total. The molecule has 0 radical (unpaired) electrons. The van der Waals surface area contributed by atoms with E-state index < -0.39 is 0 Å². The van der Waals surface area contributed by atoms with Crippen molar-refractivity contribution < 1.29 is 0 Å². The molecule has 19 heavy (non-hydrogen) atoms. The minimum atomic E-state index is 0.201. The van der Waals surface area contributed by atoms with Crippen LogP contribution in [-0.2, 0) is 19.0 Å². The Hall–Kier alpha value is -1.62. The lowest BCUT2D eigenvalue weighted by molar-refractivity contribution is 0.481. The van der Waals surface area contributed by atoms with Gasteiger partial charge in [-0.3, -0.25) is 4.68 Å². The number of hydrogen-bond donors (Lipinski definition) is 1. The van der Waals surface area contributed by atoms with E-state index in [2.05, 4.69) is 40.0 Å². The second-order valence-electron chi connectivity index (χ2n) is 5.81. The second kappa shape index (κ2) is 4.49. The number of aromatic nitrogens is 4. The van der Waals surface area contributed by atoms with E-state index in [1.807, 2.05) is 24.3 Å². The van der Waals surface area contributed by atoms with Crippen molar-refractivity contribution in [2.45, 2.75) is 32.2 Å². The zero-order chi connectivity index (χ0) is 13.5. The molecule has 0 bridgehead atoms. The molecule has 0 amide bonds. The van der Waals surface area contributed by atoms with Crippen molar-refractivity contribution in [3.63, 3.8) is 0 Å². The third kappa shape index (κ3) is 2.18. The topological polar surface area (TPSA) is 47.7 Å². The van der Waals surface area contributed by atoms with E-state index >= 15 is 0 Å². The Morgan fingerprint density at radius 2 is 2.32 bits per heavy atom. The Morgan fingerprint density at radius 1 is 1.47 bits per heavy atom. The molecule has 0 aliphatic carbocycles. The standard InChI is InChI=1S/C14H21N5/c1-11-12(7-18(3)17-11)8-19-10-16-6-13(19)14(2)4-5-15-9-14/h6-7,10,15H,4-5,8-9H2,1-3H3. The van der Waals surface area contributed by atoms with Crippen LogP contribution in [0, 0.1) is 6.92 Å². The molecule has 0 saturated carbocycles. The summed E-state index contributed by atoms with van der Waals surface area (Å²) in [6.07, 6.45) is 7.21. The van der Waals surface area contributed by atoms with Gasteiger partial charge in [0, 0.05) is 42.7 Å². The molecule has 102 valence electrons. The molecule has 1 unspecified atom stereocenters. The molecule has 5 heteroatoms. The predicted molar refractivity (Wildman–Crippen MR) is 74.1 cm³/mol. The maximum Gasteiger partial charge on any atom is 0.0951 e. The Balaban J connectivity index is 1.90. The molecule has 2 aromatic rings. The first-order chi connectivity index (χ1) is 9.08. The average molecular weight is 259 g/mol. The van der Waals surface area contributed by atoms with E-state index in [1.54, 1.807) is 0 Å². The number of nitrogens with zero attached hydrogens (tertiary/aromatic N) is 4. The van der Waals surface area contributed by atoms with Crippen LogP contribution in [0.5, 0.6) is 0 Å². The largest absolute Gasteiger partial charge is 0.329 e. The summed E-state index contributed by atoms with van der Waals surface area (Å²) < 4.78 is 4.14. The lowest BCUT2D eigenvalue weighted by Crippen LogP contribution is -2.28. The average Bonchev–Trinajstić information content (AvgIpc) is 3.03. The number of nitrogens with one attached hydrogen (secondary N) is 1. The van der Waals surface area contributed by atoms with Crippen molar-refractivity contribution in [2.24, 2.45) is 7.05 Å². The zero-order valence-corrected chi connectivity index (χ0v) is 11.8. The van der Waals surface area contributed by atoms with Gasteiger partial charge >= 0.3 is 0 Å². The van der Waals surface area contributed by atoms with Crippen LogP contribution < -0.4 is 5.32 Å². The summed E-state index contributed by atoms with van der Waals surface area (Å²) in [5.41, 5.74) is 3.88. The van der Waals surface area contributed by atoms with E-state index in [0.29, 0.717) is 0 Å². The molecule has 1 N–H and O–H groups in total. The summed E-state index contributed by atoms with van der Waals surface area (Å²) in [5.74, 6) is 0. The maximum atomic E-state index is 4.41. The van der Waals surface area contributed by atoms with Gasteiger partial charge in [0.2, 0.25) is 0 Å². The minimum absolute atomic E-state index is 0.201. The number of hydrogen-bond acceptors (Lipinski definition) is 3. The summed E-state index contributed by atoms with van der Waals surface area (Å²) in [5, 5.41) is 7.86. The van der Waals surface area contributed by atoms with E-state index in [0.717, 1.165) is 25.3 Å². The van der Waals surface area contributed by atoms with Crippen molar-refractivity contribution in [3.05, 3.63) is 35.7 Å². The molecule has 2 aromatic heterocycles. The molecule has 1 aliphatic rings. The van der Waals surface area contributed by atoms with Gasteiger partial charge in [-0.05, 0) is 19.9 Å². The van der Waals surface area contributed by atoms with Crippen molar-refractivity contribution in [1.82, 2.24) is 24.6 Å². The van der Waals surface area contributed by atoms with Crippen LogP contribution in [0.4, 0.5) is 0 Å². The quantitative estimate of drug-likeness (QED) is 0.901. The first-order valence-corrected chi connectivity index (χ1v) is 6.79. The lowest BCUT2D eigenvalue weighted by Gasteiger charge is -2.24. The van der Waals surface area contributed by atoms with Gasteiger partial charge < -0.3 is 9.88 Å². The predicted octanol–water partition coefficient (Wildman–Crippen LogP) is 1.22. The SMILES string of the molecule is Cc1nn(C)cc1Cn1cncc1C1(C)CCNC1. The highest BCUT2D eigenvalue weighted by Gasteiger charge is 2.33. The first-order valence-electron chi connectivity index (χ1n) is 6.79. The van der Waals surface area contributed by atoms with Gasteiger partial charge in [-0.1, -0.05) is 6.92 Å². The lowest BCUT2D eigenvalue weighted by atomic mass is 9.86. The highest BCUT2D eigenvalue weighted by molar-refractivity contribution is 5.21. The number of imidazole rings is 1. The summed E-state index contributed by atoms with van der Waals surface area (Å²) in [4.78, 5) is 4.35. The van der Waals surface area contributed by atoms with Crippen LogP contribution in [0.15, 0.2) is 18.7 Å². The Morgan fingerprint density at radius 3 is 2.95 bits per heavy atom. The van der Waals surface area contributed by atoms with Crippen molar-refractivity contribution in [3.8, 4) is 0 Å². The zero-order valence-electron chi connectivity index (χ0n) is 11.8. The minimum Gasteiger partial charge on any atom is -0.329 e. The molecule has 1 atom stereocenters. The highest BCUT2D eigenvalue weighted by Crippen LogP contribution is 2.30. The van der Waals surface area contributed by atoms with E-state index in [-0.39, 0.29) is 5.41 Å². The van der Waals surface area contributed by atoms with Crippen molar-refractivity contribution in [1.29, 1.82) is 0 Å². The molecule has 1 fully saturated rings. The van der Waals surface area contributed by atoms with E-state index in [1.165, 1.54) is 17.7 Å². The van der Waals surface area contributed by atoms with Crippen LogP contribution in [0.2, 0.25) is 0 Å². The van der Waals surface area contributed by atoms with Crippen LogP contribution in [0.1, 0.15) is 30.3 Å². The fraction of sp³-hybridized carbons (Fsp3) is 0.571. The Labute approximate surface area is 113 Å². The van der Waals surface area contributed by atoms with Crippen LogP contribution >= 0.6 is 0 Å². The molecule has 0 spiro atoms.